The highest BCUT2D eigenvalue weighted by atomic mass is 15.5. The third kappa shape index (κ3) is 2.57. The fourth-order valence-corrected chi connectivity index (χ4v) is 3.80. The SMILES string of the molecule is c1ccc2c(c1)nnn2Cn1c[n+](Cn2nnc3ccccc32)c2ccccc21. The fraction of sp³-hybridized carbons (Fsp3) is 0.0952. The first-order valence-electron chi connectivity index (χ1n) is 9.41. The van der Waals surface area contributed by atoms with Crippen molar-refractivity contribution in [2.45, 2.75) is 13.3 Å². The molecule has 0 saturated carbocycles. The summed E-state index contributed by atoms with van der Waals surface area (Å²) in [6.45, 7) is 1.15. The summed E-state index contributed by atoms with van der Waals surface area (Å²) in [5.41, 5.74) is 6.06. The average Bonchev–Trinajstić information content (AvgIpc) is 3.46. The quantitative estimate of drug-likeness (QED) is 0.440. The van der Waals surface area contributed by atoms with Gasteiger partial charge in [-0.15, -0.1) is 10.2 Å². The summed E-state index contributed by atoms with van der Waals surface area (Å²) in [6.07, 6.45) is 2.09. The molecular weight excluding hydrogens is 364 g/mol. The predicted octanol–water partition coefficient (Wildman–Crippen LogP) is 2.43. The maximum absolute atomic E-state index is 4.33. The first kappa shape index (κ1) is 15.9. The number of benzene rings is 3. The molecule has 140 valence electrons. The van der Waals surface area contributed by atoms with Crippen molar-refractivity contribution in [2.75, 3.05) is 0 Å². The van der Waals surface area contributed by atoms with E-state index in [1.807, 2.05) is 70.0 Å². The van der Waals surface area contributed by atoms with Crippen molar-refractivity contribution in [1.82, 2.24) is 34.6 Å². The van der Waals surface area contributed by atoms with Gasteiger partial charge in [-0.25, -0.2) is 18.5 Å². The molecule has 0 radical (unpaired) electrons. The van der Waals surface area contributed by atoms with Crippen molar-refractivity contribution in [3.8, 4) is 0 Å². The van der Waals surface area contributed by atoms with Crippen molar-refractivity contribution in [2.24, 2.45) is 0 Å². The summed E-state index contributed by atoms with van der Waals surface area (Å²) in [7, 11) is 0. The Bertz CT molecular complexity index is 1360. The lowest BCUT2D eigenvalue weighted by Crippen LogP contribution is -2.36. The van der Waals surface area contributed by atoms with Crippen molar-refractivity contribution in [3.05, 3.63) is 79.1 Å². The molecule has 0 unspecified atom stereocenters. The smallest absolute Gasteiger partial charge is 0.209 e. The van der Waals surface area contributed by atoms with E-state index in [2.05, 4.69) is 48.2 Å². The van der Waals surface area contributed by atoms with Gasteiger partial charge in [0.05, 0.1) is 11.0 Å². The Hall–Kier alpha value is -4.07. The summed E-state index contributed by atoms with van der Waals surface area (Å²) in [6, 6.07) is 24.3. The topological polar surface area (TPSA) is 70.2 Å². The number of hydrogen-bond donors (Lipinski definition) is 0. The third-order valence-corrected chi connectivity index (χ3v) is 5.19. The monoisotopic (exact) mass is 381 g/mol. The minimum absolute atomic E-state index is 0.576. The van der Waals surface area contributed by atoms with E-state index in [0.717, 1.165) is 33.1 Å². The highest BCUT2D eigenvalue weighted by molar-refractivity contribution is 5.75. The van der Waals surface area contributed by atoms with Gasteiger partial charge in [-0.1, -0.05) is 46.8 Å². The fourth-order valence-electron chi connectivity index (χ4n) is 3.80. The van der Waals surface area contributed by atoms with Crippen LogP contribution in [-0.4, -0.2) is 34.6 Å². The zero-order chi connectivity index (χ0) is 19.2. The lowest BCUT2D eigenvalue weighted by molar-refractivity contribution is -0.677. The van der Waals surface area contributed by atoms with E-state index in [9.17, 15) is 0 Å². The van der Waals surface area contributed by atoms with E-state index < -0.39 is 0 Å². The summed E-state index contributed by atoms with van der Waals surface area (Å²) in [4.78, 5) is 0. The lowest BCUT2D eigenvalue weighted by Gasteiger charge is -2.00. The Morgan fingerprint density at radius 2 is 1.24 bits per heavy atom. The average molecular weight is 381 g/mol. The van der Waals surface area contributed by atoms with E-state index in [0.29, 0.717) is 13.3 Å². The number of aromatic nitrogens is 8. The summed E-state index contributed by atoms with van der Waals surface area (Å²) in [5.74, 6) is 0. The van der Waals surface area contributed by atoms with Crippen molar-refractivity contribution < 1.29 is 4.57 Å². The molecule has 6 rings (SSSR count). The number of fused-ring (bicyclic) bond motifs is 3. The van der Waals surface area contributed by atoms with Crippen LogP contribution in [0.4, 0.5) is 0 Å². The van der Waals surface area contributed by atoms with Crippen LogP contribution >= 0.6 is 0 Å². The van der Waals surface area contributed by atoms with Crippen LogP contribution in [0.25, 0.3) is 33.1 Å². The van der Waals surface area contributed by atoms with Gasteiger partial charge in [0, 0.05) is 0 Å². The second-order valence-corrected chi connectivity index (χ2v) is 6.98. The molecule has 8 nitrogen and oxygen atoms in total. The molecule has 0 bridgehead atoms. The number of imidazole rings is 1. The van der Waals surface area contributed by atoms with Crippen LogP contribution in [0.2, 0.25) is 0 Å². The Balaban J connectivity index is 1.44. The maximum Gasteiger partial charge on any atom is 0.247 e. The standard InChI is InChI=1S/C21H17N8/c1-3-9-18-16(7-1)22-24-28(18)14-26-13-27(21-12-6-5-11-20(21)26)15-29-19-10-4-2-8-17(19)23-25-29/h1-13H,14-15H2/q+1. The molecule has 29 heavy (non-hydrogen) atoms. The van der Waals surface area contributed by atoms with Crippen LogP contribution in [0.5, 0.6) is 0 Å². The molecule has 6 aromatic rings. The van der Waals surface area contributed by atoms with Gasteiger partial charge in [-0.05, 0) is 36.4 Å². The molecule has 3 heterocycles. The second kappa shape index (κ2) is 6.23. The van der Waals surface area contributed by atoms with Crippen molar-refractivity contribution in [1.29, 1.82) is 0 Å². The zero-order valence-electron chi connectivity index (χ0n) is 15.5. The van der Waals surface area contributed by atoms with Gasteiger partial charge in [-0.2, -0.15) is 0 Å². The maximum atomic E-state index is 4.33. The Morgan fingerprint density at radius 3 is 2.00 bits per heavy atom. The molecule has 8 heteroatoms. The van der Waals surface area contributed by atoms with Gasteiger partial charge in [-0.3, -0.25) is 0 Å². The molecular formula is C21H17N8+. The molecule has 3 aromatic heterocycles. The van der Waals surface area contributed by atoms with Gasteiger partial charge in [0.1, 0.15) is 11.0 Å². The zero-order valence-corrected chi connectivity index (χ0v) is 15.5. The van der Waals surface area contributed by atoms with Gasteiger partial charge >= 0.3 is 0 Å². The molecule has 0 spiro atoms. The van der Waals surface area contributed by atoms with Gasteiger partial charge in [0.25, 0.3) is 0 Å². The molecule has 0 N–H and O–H groups in total. The summed E-state index contributed by atoms with van der Waals surface area (Å²) < 4.78 is 8.18. The first-order valence-corrected chi connectivity index (χ1v) is 9.41. The molecule has 3 aromatic carbocycles. The van der Waals surface area contributed by atoms with Crippen molar-refractivity contribution in [3.63, 3.8) is 0 Å². The minimum Gasteiger partial charge on any atom is -0.209 e. The van der Waals surface area contributed by atoms with Gasteiger partial charge in [0.2, 0.25) is 6.33 Å². The van der Waals surface area contributed by atoms with E-state index in [4.69, 9.17) is 0 Å². The Labute approximate surface area is 165 Å². The molecule has 0 aliphatic rings. The van der Waals surface area contributed by atoms with E-state index in [1.165, 1.54) is 0 Å². The summed E-state index contributed by atoms with van der Waals surface area (Å²) in [5, 5.41) is 17.2. The largest absolute Gasteiger partial charge is 0.247 e. The van der Waals surface area contributed by atoms with Crippen LogP contribution in [0, 0.1) is 0 Å². The van der Waals surface area contributed by atoms with Crippen LogP contribution < -0.4 is 4.57 Å². The molecule has 0 saturated heterocycles. The van der Waals surface area contributed by atoms with E-state index in [-0.39, 0.29) is 0 Å². The van der Waals surface area contributed by atoms with Gasteiger partial charge in [0.15, 0.2) is 24.4 Å². The molecule has 0 aliphatic heterocycles. The Morgan fingerprint density at radius 1 is 0.655 bits per heavy atom. The van der Waals surface area contributed by atoms with Crippen LogP contribution in [0.15, 0.2) is 79.1 Å². The number of nitrogens with zero attached hydrogens (tertiary/aromatic N) is 8. The number of hydrogen-bond acceptors (Lipinski definition) is 4. The second-order valence-electron chi connectivity index (χ2n) is 6.98. The third-order valence-electron chi connectivity index (χ3n) is 5.19. The highest BCUT2D eigenvalue weighted by Gasteiger charge is 2.18. The van der Waals surface area contributed by atoms with Crippen LogP contribution in [0.3, 0.4) is 0 Å². The predicted molar refractivity (Wildman–Crippen MR) is 108 cm³/mol. The minimum atomic E-state index is 0.576. The highest BCUT2D eigenvalue weighted by Crippen LogP contribution is 2.15. The number of rotatable bonds is 4. The van der Waals surface area contributed by atoms with Crippen LogP contribution in [0.1, 0.15) is 0 Å². The van der Waals surface area contributed by atoms with E-state index >= 15 is 0 Å². The first-order chi connectivity index (χ1) is 14.4. The normalized spacial score (nSPS) is 11.7. The van der Waals surface area contributed by atoms with Crippen molar-refractivity contribution >= 4 is 33.1 Å². The molecule has 0 fully saturated rings. The molecule has 0 aliphatic carbocycles. The molecule has 0 atom stereocenters. The van der Waals surface area contributed by atoms with Gasteiger partial charge < -0.3 is 0 Å². The molecule has 0 amide bonds. The number of para-hydroxylation sites is 4. The van der Waals surface area contributed by atoms with Crippen LogP contribution in [-0.2, 0) is 13.3 Å². The van der Waals surface area contributed by atoms with E-state index in [1.54, 1.807) is 0 Å². The Kier molecular flexibility index (Phi) is 3.43. The summed E-state index contributed by atoms with van der Waals surface area (Å²) >= 11 is 0. The lowest BCUT2D eigenvalue weighted by atomic mass is 10.3.